The van der Waals surface area contributed by atoms with E-state index in [1.165, 1.54) is 24.6 Å². The minimum absolute atomic E-state index is 0.0656. The lowest BCUT2D eigenvalue weighted by Crippen LogP contribution is -2.49. The number of aromatic nitrogens is 2. The molecule has 1 aliphatic heterocycles. The summed E-state index contributed by atoms with van der Waals surface area (Å²) in [5, 5.41) is 0.521. The van der Waals surface area contributed by atoms with E-state index >= 15 is 0 Å². The zero-order valence-electron chi connectivity index (χ0n) is 18.3. The second-order valence-corrected chi connectivity index (χ2v) is 8.26. The highest BCUT2D eigenvalue weighted by atomic mass is 35.5. The topological polar surface area (TPSA) is 76.8 Å². The molecule has 1 aliphatic rings. The lowest BCUT2D eigenvalue weighted by Gasteiger charge is -2.36. The molecule has 31 heavy (non-hydrogen) atoms. The van der Waals surface area contributed by atoms with E-state index in [0.29, 0.717) is 28.8 Å². The van der Waals surface area contributed by atoms with E-state index in [1.807, 2.05) is 0 Å². The van der Waals surface area contributed by atoms with Crippen molar-refractivity contribution >= 4 is 23.2 Å². The van der Waals surface area contributed by atoms with Crippen LogP contribution in [-0.4, -0.2) is 59.1 Å². The zero-order valence-corrected chi connectivity index (χ0v) is 19.0. The molecule has 0 saturated carbocycles. The Balaban J connectivity index is 1.43. The van der Waals surface area contributed by atoms with Crippen molar-refractivity contribution < 1.29 is 9.53 Å². The van der Waals surface area contributed by atoms with Crippen molar-refractivity contribution in [2.24, 2.45) is 14.1 Å². The number of Topliss-reactive ketones (excluding diaryl/α,β-unsaturated/α-hetero) is 1. The van der Waals surface area contributed by atoms with Gasteiger partial charge in [0.05, 0.1) is 12.2 Å². The van der Waals surface area contributed by atoms with Gasteiger partial charge < -0.3 is 9.64 Å². The number of hydrogen-bond donors (Lipinski definition) is 0. The number of ether oxygens (including phenoxy) is 1. The molecule has 2 aromatic rings. The van der Waals surface area contributed by atoms with Crippen LogP contribution in [0.1, 0.15) is 30.1 Å². The van der Waals surface area contributed by atoms with Crippen molar-refractivity contribution in [3.63, 3.8) is 0 Å². The van der Waals surface area contributed by atoms with Crippen LogP contribution in [0.15, 0.2) is 33.9 Å². The second-order valence-electron chi connectivity index (χ2n) is 7.82. The Morgan fingerprint density at radius 3 is 2.42 bits per heavy atom. The smallest absolute Gasteiger partial charge is 0.332 e. The first kappa shape index (κ1) is 23.1. The summed E-state index contributed by atoms with van der Waals surface area (Å²) >= 11 is 5.96. The fourth-order valence-electron chi connectivity index (χ4n) is 3.75. The third kappa shape index (κ3) is 5.57. The minimum Gasteiger partial charge on any atom is -0.493 e. The van der Waals surface area contributed by atoms with Crippen molar-refractivity contribution in [3.05, 3.63) is 55.7 Å². The normalized spacial score (nSPS) is 14.6. The molecule has 0 unspecified atom stereocenters. The summed E-state index contributed by atoms with van der Waals surface area (Å²) in [6.45, 7) is 6.27. The number of nitrogens with zero attached hydrogens (tertiary/aromatic N) is 4. The van der Waals surface area contributed by atoms with Crippen molar-refractivity contribution in [3.8, 4) is 5.75 Å². The van der Waals surface area contributed by atoms with Gasteiger partial charge >= 0.3 is 5.69 Å². The van der Waals surface area contributed by atoms with E-state index in [0.717, 1.165) is 50.1 Å². The Bertz CT molecular complexity index is 1050. The number of unbranched alkanes of at least 4 members (excludes halogenated alkanes) is 1. The van der Waals surface area contributed by atoms with Crippen LogP contribution in [0.25, 0.3) is 0 Å². The van der Waals surface area contributed by atoms with Crippen LogP contribution in [0.3, 0.4) is 0 Å². The highest BCUT2D eigenvalue weighted by molar-refractivity contribution is 6.31. The van der Waals surface area contributed by atoms with Crippen LogP contribution in [0.5, 0.6) is 5.75 Å². The number of anilines is 1. The summed E-state index contributed by atoms with van der Waals surface area (Å²) in [5.74, 6) is 1.18. The number of carbonyl (C=O) groups is 1. The molecule has 9 heteroatoms. The summed E-state index contributed by atoms with van der Waals surface area (Å²) in [6, 6.07) is 6.63. The summed E-state index contributed by atoms with van der Waals surface area (Å²) in [6.07, 6.45) is 1.86. The van der Waals surface area contributed by atoms with Crippen molar-refractivity contribution in [2.45, 2.75) is 19.8 Å². The standard InChI is InChI=1S/C22H29ClN4O4/c1-16(28)18-14-17(23)6-7-19(18)31-13-5-4-8-26-9-11-27(12-10-26)20-15-21(29)25(3)22(30)24(20)2/h6-7,14-15H,4-5,8-13H2,1-3H3. The van der Waals surface area contributed by atoms with E-state index in [2.05, 4.69) is 9.80 Å². The van der Waals surface area contributed by atoms with E-state index in [9.17, 15) is 14.4 Å². The molecule has 3 rings (SSSR count). The van der Waals surface area contributed by atoms with Crippen molar-refractivity contribution in [1.29, 1.82) is 0 Å². The first-order valence-corrected chi connectivity index (χ1v) is 10.8. The Hall–Kier alpha value is -2.58. The van der Waals surface area contributed by atoms with E-state index < -0.39 is 0 Å². The molecular formula is C22H29ClN4O4. The average molecular weight is 449 g/mol. The number of halogens is 1. The minimum atomic E-state index is -0.307. The predicted octanol–water partition coefficient (Wildman–Crippen LogP) is 1.92. The summed E-state index contributed by atoms with van der Waals surface area (Å²) < 4.78 is 8.44. The number of carbonyl (C=O) groups excluding carboxylic acids is 1. The van der Waals surface area contributed by atoms with Crippen molar-refractivity contribution in [1.82, 2.24) is 14.0 Å². The third-order valence-electron chi connectivity index (χ3n) is 5.64. The van der Waals surface area contributed by atoms with E-state index in [4.69, 9.17) is 16.3 Å². The Kier molecular flexibility index (Phi) is 7.56. The molecule has 0 radical (unpaired) electrons. The predicted molar refractivity (Wildman–Crippen MR) is 122 cm³/mol. The lowest BCUT2D eigenvalue weighted by atomic mass is 10.1. The number of ketones is 1. The maximum Gasteiger partial charge on any atom is 0.332 e. The largest absolute Gasteiger partial charge is 0.493 e. The van der Waals surface area contributed by atoms with Gasteiger partial charge in [0, 0.05) is 51.4 Å². The fourth-order valence-corrected chi connectivity index (χ4v) is 3.92. The molecule has 8 nitrogen and oxygen atoms in total. The molecule has 0 atom stereocenters. The molecule has 1 saturated heterocycles. The quantitative estimate of drug-likeness (QED) is 0.453. The highest BCUT2D eigenvalue weighted by Gasteiger charge is 2.20. The third-order valence-corrected chi connectivity index (χ3v) is 5.88. The maximum atomic E-state index is 12.1. The number of rotatable bonds is 8. The van der Waals surface area contributed by atoms with Crippen molar-refractivity contribution in [2.75, 3.05) is 44.2 Å². The SMILES string of the molecule is CC(=O)c1cc(Cl)ccc1OCCCCN1CCN(c2cc(=O)n(C)c(=O)n2C)CC1. The Morgan fingerprint density at radius 1 is 1.03 bits per heavy atom. The van der Waals surface area contributed by atoms with Crippen LogP contribution < -0.4 is 20.9 Å². The molecule has 0 aliphatic carbocycles. The molecule has 0 amide bonds. The molecular weight excluding hydrogens is 420 g/mol. The van der Waals surface area contributed by atoms with Gasteiger partial charge in [-0.25, -0.2) is 4.79 Å². The van der Waals surface area contributed by atoms with Crippen LogP contribution in [-0.2, 0) is 14.1 Å². The average Bonchev–Trinajstić information content (AvgIpc) is 2.76. The van der Waals surface area contributed by atoms with Gasteiger partial charge in [-0.2, -0.15) is 0 Å². The summed E-state index contributed by atoms with van der Waals surface area (Å²) in [4.78, 5) is 40.3. The molecule has 168 valence electrons. The molecule has 1 aromatic heterocycles. The maximum absolute atomic E-state index is 12.1. The summed E-state index contributed by atoms with van der Waals surface area (Å²) in [7, 11) is 3.19. The van der Waals surface area contributed by atoms with Crippen LogP contribution in [0.4, 0.5) is 5.82 Å². The van der Waals surface area contributed by atoms with Gasteiger partial charge in [-0.15, -0.1) is 0 Å². The Morgan fingerprint density at radius 2 is 1.74 bits per heavy atom. The molecule has 0 spiro atoms. The Labute approximate surface area is 186 Å². The van der Waals surface area contributed by atoms with Crippen LogP contribution in [0, 0.1) is 0 Å². The van der Waals surface area contributed by atoms with Crippen LogP contribution in [0.2, 0.25) is 5.02 Å². The van der Waals surface area contributed by atoms with Gasteiger partial charge in [0.1, 0.15) is 11.6 Å². The fraction of sp³-hybridized carbons (Fsp3) is 0.500. The van der Waals surface area contributed by atoms with Gasteiger partial charge in [-0.05, 0) is 44.5 Å². The molecule has 1 fully saturated rings. The molecule has 0 bridgehead atoms. The monoisotopic (exact) mass is 448 g/mol. The molecule has 0 N–H and O–H groups in total. The lowest BCUT2D eigenvalue weighted by molar-refractivity contribution is 0.101. The van der Waals surface area contributed by atoms with Gasteiger partial charge in [0.25, 0.3) is 5.56 Å². The van der Waals surface area contributed by atoms with E-state index in [1.54, 1.807) is 25.2 Å². The zero-order chi connectivity index (χ0) is 22.5. The van der Waals surface area contributed by atoms with E-state index in [-0.39, 0.29) is 17.0 Å². The van der Waals surface area contributed by atoms with Crippen LogP contribution >= 0.6 is 11.6 Å². The van der Waals surface area contributed by atoms with Gasteiger partial charge in [0.2, 0.25) is 0 Å². The number of benzene rings is 1. The first-order valence-electron chi connectivity index (χ1n) is 10.5. The molecule has 1 aromatic carbocycles. The molecule has 2 heterocycles. The summed E-state index contributed by atoms with van der Waals surface area (Å²) in [5.41, 5.74) is -0.0820. The van der Waals surface area contributed by atoms with Gasteiger partial charge in [0.15, 0.2) is 5.78 Å². The first-order chi connectivity index (χ1) is 14.8. The van der Waals surface area contributed by atoms with Gasteiger partial charge in [-0.3, -0.25) is 23.6 Å². The number of piperazine rings is 1. The number of hydrogen-bond acceptors (Lipinski definition) is 6. The van der Waals surface area contributed by atoms with Gasteiger partial charge in [-0.1, -0.05) is 11.6 Å². The highest BCUT2D eigenvalue weighted by Crippen LogP contribution is 2.23. The second kappa shape index (κ2) is 10.2.